The van der Waals surface area contributed by atoms with E-state index in [4.69, 9.17) is 16.0 Å². The number of benzene rings is 1. The zero-order valence-electron chi connectivity index (χ0n) is 11.3. The zero-order valence-corrected chi connectivity index (χ0v) is 12.1. The number of furan rings is 1. The van der Waals surface area contributed by atoms with E-state index in [1.807, 2.05) is 0 Å². The fourth-order valence-electron chi connectivity index (χ4n) is 1.97. The largest absolute Gasteiger partial charge is 0.467 e. The summed E-state index contributed by atoms with van der Waals surface area (Å²) < 4.78 is 18.0. The lowest BCUT2D eigenvalue weighted by molar-refractivity contribution is 0.0903. The smallest absolute Gasteiger partial charge is 0.253 e. The summed E-state index contributed by atoms with van der Waals surface area (Å²) >= 11 is 5.83. The van der Waals surface area contributed by atoms with Gasteiger partial charge in [-0.2, -0.15) is 0 Å². The summed E-state index contributed by atoms with van der Waals surface area (Å²) in [5.74, 6) is -0.479. The van der Waals surface area contributed by atoms with Crippen LogP contribution < -0.4 is 5.32 Å². The third-order valence-electron chi connectivity index (χ3n) is 3.00. The van der Waals surface area contributed by atoms with Crippen molar-refractivity contribution in [3.63, 3.8) is 0 Å². The molecule has 4 nitrogen and oxygen atoms in total. The molecular weight excluding hydrogens is 297 g/mol. The number of rotatable bonds is 5. The SMILES string of the molecule is CC(CC(O)c1ccco1)NC(=O)c1ccc(F)cc1Cl. The van der Waals surface area contributed by atoms with Crippen LogP contribution in [0.25, 0.3) is 0 Å². The second-order valence-corrected chi connectivity index (χ2v) is 5.17. The van der Waals surface area contributed by atoms with E-state index in [1.165, 1.54) is 18.4 Å². The topological polar surface area (TPSA) is 62.5 Å². The monoisotopic (exact) mass is 311 g/mol. The van der Waals surface area contributed by atoms with E-state index in [0.717, 1.165) is 6.07 Å². The summed E-state index contributed by atoms with van der Waals surface area (Å²) in [6.07, 6.45) is 0.956. The van der Waals surface area contributed by atoms with Gasteiger partial charge < -0.3 is 14.8 Å². The Morgan fingerprint density at radius 1 is 1.48 bits per heavy atom. The van der Waals surface area contributed by atoms with E-state index >= 15 is 0 Å². The fraction of sp³-hybridized carbons (Fsp3) is 0.267. The Hall–Kier alpha value is -1.85. The predicted molar refractivity (Wildman–Crippen MR) is 76.6 cm³/mol. The number of nitrogens with one attached hydrogen (secondary N) is 1. The van der Waals surface area contributed by atoms with E-state index in [0.29, 0.717) is 5.76 Å². The third kappa shape index (κ3) is 4.06. The van der Waals surface area contributed by atoms with Crippen LogP contribution >= 0.6 is 11.6 Å². The van der Waals surface area contributed by atoms with Crippen LogP contribution in [0.5, 0.6) is 0 Å². The number of hydrogen-bond acceptors (Lipinski definition) is 3. The molecule has 0 saturated heterocycles. The molecule has 0 fully saturated rings. The van der Waals surface area contributed by atoms with Crippen LogP contribution in [0, 0.1) is 5.82 Å². The van der Waals surface area contributed by atoms with Gasteiger partial charge in [-0.3, -0.25) is 4.79 Å². The summed E-state index contributed by atoms with van der Waals surface area (Å²) in [6, 6.07) is 6.61. The van der Waals surface area contributed by atoms with Gasteiger partial charge >= 0.3 is 0 Å². The highest BCUT2D eigenvalue weighted by atomic mass is 35.5. The van der Waals surface area contributed by atoms with E-state index in [-0.39, 0.29) is 23.0 Å². The number of aliphatic hydroxyl groups is 1. The first-order valence-electron chi connectivity index (χ1n) is 6.44. The summed E-state index contributed by atoms with van der Waals surface area (Å²) in [7, 11) is 0. The Kier molecular flexibility index (Phi) is 4.98. The molecule has 0 aliphatic carbocycles. The lowest BCUT2D eigenvalue weighted by Gasteiger charge is -2.17. The Labute approximate surface area is 126 Å². The number of carbonyl (C=O) groups is 1. The predicted octanol–water partition coefficient (Wildman–Crippen LogP) is 3.31. The number of halogens is 2. The molecule has 0 bridgehead atoms. The van der Waals surface area contributed by atoms with Gasteiger partial charge in [-0.05, 0) is 37.3 Å². The standard InChI is InChI=1S/C15H15ClFNO3/c1-9(7-13(19)14-3-2-6-21-14)18-15(20)11-5-4-10(17)8-12(11)16/h2-6,8-9,13,19H,7H2,1H3,(H,18,20). The van der Waals surface area contributed by atoms with Gasteiger partial charge in [0, 0.05) is 12.5 Å². The molecule has 0 radical (unpaired) electrons. The minimum absolute atomic E-state index is 0.0475. The molecule has 0 spiro atoms. The molecule has 2 N–H and O–H groups in total. The lowest BCUT2D eigenvalue weighted by atomic mass is 10.1. The van der Waals surface area contributed by atoms with Crippen molar-refractivity contribution in [1.82, 2.24) is 5.32 Å². The molecule has 1 aromatic heterocycles. The summed E-state index contributed by atoms with van der Waals surface area (Å²) in [5, 5.41) is 12.7. The first-order valence-corrected chi connectivity index (χ1v) is 6.82. The van der Waals surface area contributed by atoms with Gasteiger partial charge in [-0.1, -0.05) is 11.6 Å². The van der Waals surface area contributed by atoms with Crippen molar-refractivity contribution in [2.45, 2.75) is 25.5 Å². The minimum atomic E-state index is -0.806. The van der Waals surface area contributed by atoms with Gasteiger partial charge in [0.2, 0.25) is 0 Å². The van der Waals surface area contributed by atoms with Crippen LogP contribution in [-0.4, -0.2) is 17.1 Å². The van der Waals surface area contributed by atoms with Gasteiger partial charge in [0.05, 0.1) is 16.8 Å². The molecule has 2 rings (SSSR count). The average molecular weight is 312 g/mol. The van der Waals surface area contributed by atoms with Crippen LogP contribution in [0.15, 0.2) is 41.0 Å². The van der Waals surface area contributed by atoms with Crippen molar-refractivity contribution >= 4 is 17.5 Å². The minimum Gasteiger partial charge on any atom is -0.467 e. The van der Waals surface area contributed by atoms with Gasteiger partial charge in [-0.15, -0.1) is 0 Å². The van der Waals surface area contributed by atoms with Gasteiger partial charge in [0.1, 0.15) is 17.7 Å². The fourth-order valence-corrected chi connectivity index (χ4v) is 2.22. The maximum Gasteiger partial charge on any atom is 0.253 e. The molecule has 1 aromatic carbocycles. The van der Waals surface area contributed by atoms with Crippen LogP contribution in [0.4, 0.5) is 4.39 Å². The van der Waals surface area contributed by atoms with E-state index in [1.54, 1.807) is 19.1 Å². The maximum absolute atomic E-state index is 12.9. The average Bonchev–Trinajstić information content (AvgIpc) is 2.91. The van der Waals surface area contributed by atoms with Gasteiger partial charge in [0.15, 0.2) is 0 Å². The maximum atomic E-state index is 12.9. The van der Waals surface area contributed by atoms with Crippen molar-refractivity contribution in [3.8, 4) is 0 Å². The van der Waals surface area contributed by atoms with Crippen molar-refractivity contribution in [3.05, 3.63) is 58.8 Å². The van der Waals surface area contributed by atoms with Gasteiger partial charge in [-0.25, -0.2) is 4.39 Å². The molecule has 0 aliphatic heterocycles. The molecule has 0 saturated carbocycles. The molecule has 2 aromatic rings. The highest BCUT2D eigenvalue weighted by molar-refractivity contribution is 6.33. The number of aliphatic hydroxyl groups excluding tert-OH is 1. The molecule has 1 heterocycles. The first-order chi connectivity index (χ1) is 9.97. The van der Waals surface area contributed by atoms with Crippen molar-refractivity contribution in [1.29, 1.82) is 0 Å². The van der Waals surface area contributed by atoms with E-state index in [9.17, 15) is 14.3 Å². The number of carbonyl (C=O) groups excluding carboxylic acids is 1. The van der Waals surface area contributed by atoms with Crippen molar-refractivity contribution < 1.29 is 18.7 Å². The first kappa shape index (κ1) is 15.5. The summed E-state index contributed by atoms with van der Waals surface area (Å²) in [4.78, 5) is 12.0. The number of amides is 1. The van der Waals surface area contributed by atoms with Crippen LogP contribution in [0.1, 0.15) is 35.6 Å². The van der Waals surface area contributed by atoms with Gasteiger partial charge in [0.25, 0.3) is 5.91 Å². The number of hydrogen-bond donors (Lipinski definition) is 2. The third-order valence-corrected chi connectivity index (χ3v) is 3.31. The second-order valence-electron chi connectivity index (χ2n) is 4.77. The highest BCUT2D eigenvalue weighted by Gasteiger charge is 2.18. The molecule has 6 heteroatoms. The Bertz CT molecular complexity index is 615. The highest BCUT2D eigenvalue weighted by Crippen LogP contribution is 2.20. The Morgan fingerprint density at radius 3 is 2.86 bits per heavy atom. The zero-order chi connectivity index (χ0) is 15.4. The molecule has 0 aliphatic rings. The van der Waals surface area contributed by atoms with Crippen LogP contribution in [-0.2, 0) is 0 Å². The summed E-state index contributed by atoms with van der Waals surface area (Å²) in [6.45, 7) is 1.75. The van der Waals surface area contributed by atoms with E-state index < -0.39 is 17.8 Å². The quantitative estimate of drug-likeness (QED) is 0.890. The molecule has 1 amide bonds. The van der Waals surface area contributed by atoms with E-state index in [2.05, 4.69) is 5.32 Å². The molecule has 112 valence electrons. The molecule has 21 heavy (non-hydrogen) atoms. The van der Waals surface area contributed by atoms with Crippen LogP contribution in [0.3, 0.4) is 0 Å². The lowest BCUT2D eigenvalue weighted by Crippen LogP contribution is -2.33. The Balaban J connectivity index is 1.96. The Morgan fingerprint density at radius 2 is 2.24 bits per heavy atom. The molecule has 2 unspecified atom stereocenters. The second kappa shape index (κ2) is 6.74. The molecule has 2 atom stereocenters. The normalized spacial score (nSPS) is 13.7. The van der Waals surface area contributed by atoms with Crippen molar-refractivity contribution in [2.75, 3.05) is 0 Å². The van der Waals surface area contributed by atoms with Crippen LogP contribution in [0.2, 0.25) is 5.02 Å². The van der Waals surface area contributed by atoms with Crippen molar-refractivity contribution in [2.24, 2.45) is 0 Å². The molecular formula is C15H15ClFNO3. The summed E-state index contributed by atoms with van der Waals surface area (Å²) in [5.41, 5.74) is 0.192.